The smallest absolute Gasteiger partial charge is 0.335 e. The molecule has 0 saturated heterocycles. The maximum absolute atomic E-state index is 10.7. The number of benzene rings is 1. The van der Waals surface area contributed by atoms with Crippen molar-refractivity contribution in [3.8, 4) is 0 Å². The molecule has 0 spiro atoms. The molecule has 0 amide bonds. The van der Waals surface area contributed by atoms with Crippen molar-refractivity contribution < 1.29 is 9.90 Å². The van der Waals surface area contributed by atoms with Gasteiger partial charge < -0.3 is 5.11 Å². The number of hydrazine groups is 2. The molecule has 0 saturated carbocycles. The topological polar surface area (TPSA) is 64.6 Å². The largest absolute Gasteiger partial charge is 0.478 e. The van der Waals surface area contributed by atoms with E-state index in [1.165, 1.54) is 0 Å². The second-order valence-electron chi connectivity index (χ2n) is 2.78. The Balaban J connectivity index is 2.26. The SMILES string of the molecule is O=C(O)c1cccc(N2NC=CN2)c1. The van der Waals surface area contributed by atoms with Gasteiger partial charge in [0.2, 0.25) is 0 Å². The van der Waals surface area contributed by atoms with Gasteiger partial charge in [0.15, 0.2) is 0 Å². The van der Waals surface area contributed by atoms with E-state index < -0.39 is 5.97 Å². The molecule has 0 radical (unpaired) electrons. The average molecular weight is 191 g/mol. The fourth-order valence-corrected chi connectivity index (χ4v) is 1.19. The van der Waals surface area contributed by atoms with Crippen LogP contribution in [0.2, 0.25) is 0 Å². The lowest BCUT2D eigenvalue weighted by molar-refractivity contribution is 0.0697. The first-order valence-corrected chi connectivity index (χ1v) is 4.08. The molecule has 14 heavy (non-hydrogen) atoms. The van der Waals surface area contributed by atoms with Gasteiger partial charge in [-0.15, -0.1) is 0 Å². The third-order valence-electron chi connectivity index (χ3n) is 1.84. The van der Waals surface area contributed by atoms with E-state index in [-0.39, 0.29) is 5.56 Å². The van der Waals surface area contributed by atoms with Gasteiger partial charge in [0.25, 0.3) is 0 Å². The lowest BCUT2D eigenvalue weighted by Crippen LogP contribution is -2.37. The summed E-state index contributed by atoms with van der Waals surface area (Å²) in [7, 11) is 0. The second kappa shape index (κ2) is 3.29. The highest BCUT2D eigenvalue weighted by atomic mass is 16.4. The number of hydrogen-bond acceptors (Lipinski definition) is 4. The zero-order valence-corrected chi connectivity index (χ0v) is 7.27. The molecular weight excluding hydrogens is 182 g/mol. The Morgan fingerprint density at radius 1 is 1.29 bits per heavy atom. The summed E-state index contributed by atoms with van der Waals surface area (Å²) in [6.07, 6.45) is 3.43. The monoisotopic (exact) mass is 191 g/mol. The van der Waals surface area contributed by atoms with Crippen LogP contribution in [0, 0.1) is 0 Å². The minimum Gasteiger partial charge on any atom is -0.478 e. The maximum atomic E-state index is 10.7. The lowest BCUT2D eigenvalue weighted by Gasteiger charge is -2.18. The first-order chi connectivity index (χ1) is 6.77. The molecule has 1 heterocycles. The third-order valence-corrected chi connectivity index (χ3v) is 1.84. The van der Waals surface area contributed by atoms with Gasteiger partial charge in [0, 0.05) is 12.4 Å². The molecule has 5 nitrogen and oxygen atoms in total. The Hall–Kier alpha value is -2.17. The summed E-state index contributed by atoms with van der Waals surface area (Å²) in [5.41, 5.74) is 6.78. The summed E-state index contributed by atoms with van der Waals surface area (Å²) in [5.74, 6) is -0.931. The van der Waals surface area contributed by atoms with E-state index in [4.69, 9.17) is 5.11 Å². The Kier molecular flexibility index (Phi) is 1.98. The number of nitrogens with one attached hydrogen (secondary N) is 2. The van der Waals surface area contributed by atoms with E-state index in [2.05, 4.69) is 10.9 Å². The molecule has 72 valence electrons. The molecule has 1 aromatic carbocycles. The Bertz CT molecular complexity index is 381. The fraction of sp³-hybridized carbons (Fsp3) is 0. The van der Waals surface area contributed by atoms with Gasteiger partial charge in [0.05, 0.1) is 11.3 Å². The molecule has 1 aliphatic rings. The number of nitrogens with zero attached hydrogens (tertiary/aromatic N) is 1. The quantitative estimate of drug-likeness (QED) is 0.641. The molecule has 0 atom stereocenters. The van der Waals surface area contributed by atoms with Crippen molar-refractivity contribution in [1.29, 1.82) is 0 Å². The van der Waals surface area contributed by atoms with Crippen LogP contribution in [0.3, 0.4) is 0 Å². The van der Waals surface area contributed by atoms with Crippen molar-refractivity contribution in [2.24, 2.45) is 0 Å². The summed E-state index contributed by atoms with van der Waals surface area (Å²) in [6.45, 7) is 0. The van der Waals surface area contributed by atoms with Crippen molar-refractivity contribution in [3.63, 3.8) is 0 Å². The molecule has 0 bridgehead atoms. The predicted octanol–water partition coefficient (Wildman–Crippen LogP) is 0.685. The van der Waals surface area contributed by atoms with Crippen LogP contribution in [0.1, 0.15) is 10.4 Å². The Morgan fingerprint density at radius 3 is 2.64 bits per heavy atom. The molecule has 0 fully saturated rings. The van der Waals surface area contributed by atoms with Crippen LogP contribution in [-0.2, 0) is 0 Å². The Labute approximate surface area is 80.6 Å². The average Bonchev–Trinajstić information content (AvgIpc) is 2.71. The number of hydrogen-bond donors (Lipinski definition) is 3. The number of carboxylic acid groups (broad SMARTS) is 1. The number of carbonyl (C=O) groups is 1. The van der Waals surface area contributed by atoms with Crippen LogP contribution in [0.4, 0.5) is 5.69 Å². The fourth-order valence-electron chi connectivity index (χ4n) is 1.19. The number of rotatable bonds is 2. The van der Waals surface area contributed by atoms with E-state index in [9.17, 15) is 4.79 Å². The van der Waals surface area contributed by atoms with Gasteiger partial charge in [-0.25, -0.2) is 4.79 Å². The van der Waals surface area contributed by atoms with Gasteiger partial charge in [-0.1, -0.05) is 6.07 Å². The maximum Gasteiger partial charge on any atom is 0.335 e. The molecular formula is C9H9N3O2. The number of anilines is 1. The summed E-state index contributed by atoms with van der Waals surface area (Å²) < 4.78 is 0. The highest BCUT2D eigenvalue weighted by Gasteiger charge is 2.09. The standard InChI is InChI=1S/C9H9N3O2/c13-9(14)7-2-1-3-8(6-7)12-10-4-5-11-12/h1-6,10-11H,(H,13,14). The molecule has 5 heteroatoms. The molecule has 0 aliphatic carbocycles. The number of carboxylic acids is 1. The first kappa shape index (κ1) is 8.43. The van der Waals surface area contributed by atoms with Gasteiger partial charge >= 0.3 is 5.97 Å². The van der Waals surface area contributed by atoms with Crippen molar-refractivity contribution in [3.05, 3.63) is 42.2 Å². The highest BCUT2D eigenvalue weighted by Crippen LogP contribution is 2.14. The molecule has 3 N–H and O–H groups in total. The van der Waals surface area contributed by atoms with Gasteiger partial charge in [0.1, 0.15) is 0 Å². The number of aromatic carboxylic acids is 1. The van der Waals surface area contributed by atoms with E-state index >= 15 is 0 Å². The van der Waals surface area contributed by atoms with Gasteiger partial charge in [-0.05, 0) is 18.2 Å². The minimum atomic E-state index is -0.931. The third kappa shape index (κ3) is 1.47. The second-order valence-corrected chi connectivity index (χ2v) is 2.78. The van der Waals surface area contributed by atoms with Crippen LogP contribution in [0.5, 0.6) is 0 Å². The van der Waals surface area contributed by atoms with E-state index in [0.717, 1.165) is 5.69 Å². The first-order valence-electron chi connectivity index (χ1n) is 4.08. The van der Waals surface area contributed by atoms with Crippen LogP contribution >= 0.6 is 0 Å². The normalized spacial score (nSPS) is 13.6. The van der Waals surface area contributed by atoms with Crippen LogP contribution < -0.4 is 16.0 Å². The van der Waals surface area contributed by atoms with E-state index in [0.29, 0.717) is 0 Å². The van der Waals surface area contributed by atoms with Crippen molar-refractivity contribution >= 4 is 11.7 Å². The molecule has 1 aromatic rings. The van der Waals surface area contributed by atoms with Crippen molar-refractivity contribution in [2.45, 2.75) is 0 Å². The predicted molar refractivity (Wildman–Crippen MR) is 51.3 cm³/mol. The van der Waals surface area contributed by atoms with Gasteiger partial charge in [-0.3, -0.25) is 10.9 Å². The zero-order chi connectivity index (χ0) is 9.97. The van der Waals surface area contributed by atoms with Crippen LogP contribution in [0.25, 0.3) is 0 Å². The molecule has 1 aliphatic heterocycles. The Morgan fingerprint density at radius 2 is 2.00 bits per heavy atom. The summed E-state index contributed by atoms with van der Waals surface area (Å²) >= 11 is 0. The van der Waals surface area contributed by atoms with Crippen LogP contribution in [-0.4, -0.2) is 11.1 Å². The minimum absolute atomic E-state index is 0.262. The summed E-state index contributed by atoms with van der Waals surface area (Å²) in [5, 5.41) is 10.4. The lowest BCUT2D eigenvalue weighted by atomic mass is 10.2. The van der Waals surface area contributed by atoms with Crippen molar-refractivity contribution in [2.75, 3.05) is 5.12 Å². The van der Waals surface area contributed by atoms with E-state index in [1.807, 2.05) is 0 Å². The van der Waals surface area contributed by atoms with Crippen molar-refractivity contribution in [1.82, 2.24) is 10.9 Å². The molecule has 0 unspecified atom stereocenters. The highest BCUT2D eigenvalue weighted by molar-refractivity contribution is 5.88. The van der Waals surface area contributed by atoms with Gasteiger partial charge in [-0.2, -0.15) is 5.12 Å². The summed E-state index contributed by atoms with van der Waals surface area (Å²) in [6, 6.07) is 6.63. The summed E-state index contributed by atoms with van der Waals surface area (Å²) in [4.78, 5) is 10.7. The molecule has 0 aromatic heterocycles. The van der Waals surface area contributed by atoms with E-state index in [1.54, 1.807) is 41.8 Å². The van der Waals surface area contributed by atoms with Crippen LogP contribution in [0.15, 0.2) is 36.7 Å². The molecule has 2 rings (SSSR count). The zero-order valence-electron chi connectivity index (χ0n) is 7.27.